The Labute approximate surface area is 136 Å². The third kappa shape index (κ3) is 3.42. The van der Waals surface area contributed by atoms with Crippen molar-refractivity contribution in [2.45, 2.75) is 31.2 Å². The van der Waals surface area contributed by atoms with Crippen LogP contribution in [0.25, 0.3) is 0 Å². The highest BCUT2D eigenvalue weighted by molar-refractivity contribution is 7.92. The number of benzene rings is 2. The van der Waals surface area contributed by atoms with Gasteiger partial charge in [0.25, 0.3) is 10.0 Å². The second-order valence-corrected chi connectivity index (χ2v) is 7.31. The van der Waals surface area contributed by atoms with Gasteiger partial charge in [0.2, 0.25) is 0 Å². The molecule has 0 fully saturated rings. The van der Waals surface area contributed by atoms with E-state index in [1.54, 1.807) is 36.4 Å². The van der Waals surface area contributed by atoms with Crippen LogP contribution in [-0.4, -0.2) is 21.1 Å². The standard InChI is InChI=1S/C17H20N2O3S/c1-3-22-15-6-4-14(5-7-15)19-23(20,21)16-8-9-17-13(11-16)10-12(2)18-17/h4-9,11-12,18-19H,3,10H2,1-2H3/t12-/m0/s1. The molecule has 0 bridgehead atoms. The molecule has 122 valence electrons. The lowest BCUT2D eigenvalue weighted by molar-refractivity contribution is 0.340. The van der Waals surface area contributed by atoms with Crippen molar-refractivity contribution in [3.05, 3.63) is 48.0 Å². The summed E-state index contributed by atoms with van der Waals surface area (Å²) in [4.78, 5) is 0.279. The maximum absolute atomic E-state index is 12.5. The molecule has 2 N–H and O–H groups in total. The number of hydrogen-bond acceptors (Lipinski definition) is 4. The number of hydrogen-bond donors (Lipinski definition) is 2. The van der Waals surface area contributed by atoms with Crippen LogP contribution in [0.4, 0.5) is 11.4 Å². The second kappa shape index (κ2) is 6.12. The Hall–Kier alpha value is -2.21. The van der Waals surface area contributed by atoms with Gasteiger partial charge in [-0.05, 0) is 68.3 Å². The van der Waals surface area contributed by atoms with Crippen molar-refractivity contribution in [3.63, 3.8) is 0 Å². The molecule has 6 heteroatoms. The van der Waals surface area contributed by atoms with Crippen molar-refractivity contribution in [2.24, 2.45) is 0 Å². The lowest BCUT2D eigenvalue weighted by Gasteiger charge is -2.10. The Morgan fingerprint density at radius 1 is 1.22 bits per heavy atom. The predicted molar refractivity (Wildman–Crippen MR) is 91.7 cm³/mol. The molecular weight excluding hydrogens is 312 g/mol. The van der Waals surface area contributed by atoms with Gasteiger partial charge in [0.1, 0.15) is 5.75 Å². The van der Waals surface area contributed by atoms with Crippen LogP contribution >= 0.6 is 0 Å². The zero-order chi connectivity index (χ0) is 16.4. The minimum absolute atomic E-state index is 0.279. The average molecular weight is 332 g/mol. The SMILES string of the molecule is CCOc1ccc(NS(=O)(=O)c2ccc3c(c2)C[C@H](C)N3)cc1. The summed E-state index contributed by atoms with van der Waals surface area (Å²) in [5, 5.41) is 3.31. The molecule has 0 aromatic heterocycles. The molecule has 1 aliphatic heterocycles. The molecule has 0 spiro atoms. The first-order valence-electron chi connectivity index (χ1n) is 7.63. The smallest absolute Gasteiger partial charge is 0.261 e. The van der Waals surface area contributed by atoms with Crippen LogP contribution in [0.2, 0.25) is 0 Å². The molecule has 0 saturated heterocycles. The molecule has 2 aromatic carbocycles. The Kier molecular flexibility index (Phi) is 4.17. The first-order chi connectivity index (χ1) is 11.0. The molecule has 1 aliphatic rings. The van der Waals surface area contributed by atoms with Crippen molar-refractivity contribution in [1.29, 1.82) is 0 Å². The van der Waals surface area contributed by atoms with Crippen LogP contribution in [-0.2, 0) is 16.4 Å². The van der Waals surface area contributed by atoms with Gasteiger partial charge in [-0.1, -0.05) is 0 Å². The van der Waals surface area contributed by atoms with E-state index in [-0.39, 0.29) is 4.90 Å². The van der Waals surface area contributed by atoms with Gasteiger partial charge in [0, 0.05) is 17.4 Å². The van der Waals surface area contributed by atoms with Gasteiger partial charge in [0.05, 0.1) is 11.5 Å². The van der Waals surface area contributed by atoms with Crippen LogP contribution in [0, 0.1) is 0 Å². The van der Waals surface area contributed by atoms with Crippen molar-refractivity contribution < 1.29 is 13.2 Å². The lowest BCUT2D eigenvalue weighted by Crippen LogP contribution is -2.13. The minimum atomic E-state index is -3.60. The van der Waals surface area contributed by atoms with E-state index in [1.165, 1.54) is 0 Å². The fourth-order valence-corrected chi connectivity index (χ4v) is 3.80. The number of rotatable bonds is 5. The molecule has 5 nitrogen and oxygen atoms in total. The van der Waals surface area contributed by atoms with E-state index in [1.807, 2.05) is 13.0 Å². The summed E-state index contributed by atoms with van der Waals surface area (Å²) in [6, 6.07) is 12.4. The van der Waals surface area contributed by atoms with Gasteiger partial charge in [-0.2, -0.15) is 0 Å². The van der Waals surface area contributed by atoms with Crippen LogP contribution in [0.3, 0.4) is 0 Å². The minimum Gasteiger partial charge on any atom is -0.494 e. The second-order valence-electron chi connectivity index (χ2n) is 5.63. The van der Waals surface area contributed by atoms with Gasteiger partial charge >= 0.3 is 0 Å². The number of sulfonamides is 1. The van der Waals surface area contributed by atoms with Gasteiger partial charge in [0.15, 0.2) is 0 Å². The Morgan fingerprint density at radius 3 is 2.65 bits per heavy atom. The molecule has 0 amide bonds. The molecule has 0 unspecified atom stereocenters. The van der Waals surface area contributed by atoms with Gasteiger partial charge in [-0.25, -0.2) is 8.42 Å². The highest BCUT2D eigenvalue weighted by Gasteiger charge is 2.21. The maximum atomic E-state index is 12.5. The van der Waals surface area contributed by atoms with Crippen LogP contribution in [0.15, 0.2) is 47.4 Å². The molecule has 2 aromatic rings. The summed E-state index contributed by atoms with van der Waals surface area (Å²) in [7, 11) is -3.60. The van der Waals surface area contributed by atoms with Crippen molar-refractivity contribution in [1.82, 2.24) is 0 Å². The van der Waals surface area contributed by atoms with E-state index in [2.05, 4.69) is 17.0 Å². The monoisotopic (exact) mass is 332 g/mol. The fraction of sp³-hybridized carbons (Fsp3) is 0.294. The number of fused-ring (bicyclic) bond motifs is 1. The molecule has 1 heterocycles. The van der Waals surface area contributed by atoms with E-state index in [0.717, 1.165) is 17.7 Å². The average Bonchev–Trinajstić information content (AvgIpc) is 2.88. The summed E-state index contributed by atoms with van der Waals surface area (Å²) >= 11 is 0. The van der Waals surface area contributed by atoms with E-state index in [9.17, 15) is 8.42 Å². The first kappa shape index (κ1) is 15.7. The van der Waals surface area contributed by atoms with Gasteiger partial charge in [-0.15, -0.1) is 0 Å². The van der Waals surface area contributed by atoms with E-state index < -0.39 is 10.0 Å². The molecule has 23 heavy (non-hydrogen) atoms. The van der Waals surface area contributed by atoms with Crippen LogP contribution < -0.4 is 14.8 Å². The Balaban J connectivity index is 1.80. The van der Waals surface area contributed by atoms with Crippen LogP contribution in [0.5, 0.6) is 5.75 Å². The molecule has 0 radical (unpaired) electrons. The summed E-state index contributed by atoms with van der Waals surface area (Å²) in [6.45, 7) is 4.55. The largest absolute Gasteiger partial charge is 0.494 e. The Morgan fingerprint density at radius 2 is 1.96 bits per heavy atom. The van der Waals surface area contributed by atoms with E-state index >= 15 is 0 Å². The number of nitrogens with one attached hydrogen (secondary N) is 2. The summed E-state index contributed by atoms with van der Waals surface area (Å²) in [6.07, 6.45) is 0.835. The molecule has 0 saturated carbocycles. The third-order valence-corrected chi connectivity index (χ3v) is 5.11. The summed E-state index contributed by atoms with van der Waals surface area (Å²) in [5.41, 5.74) is 2.56. The highest BCUT2D eigenvalue weighted by atomic mass is 32.2. The predicted octanol–water partition coefficient (Wildman–Crippen LogP) is 3.24. The first-order valence-corrected chi connectivity index (χ1v) is 9.11. The zero-order valence-electron chi connectivity index (χ0n) is 13.2. The maximum Gasteiger partial charge on any atom is 0.261 e. The quantitative estimate of drug-likeness (QED) is 0.882. The zero-order valence-corrected chi connectivity index (χ0v) is 14.0. The molecular formula is C17H20N2O3S. The number of ether oxygens (including phenoxy) is 1. The summed E-state index contributed by atoms with van der Waals surface area (Å²) < 4.78 is 33.0. The lowest BCUT2D eigenvalue weighted by atomic mass is 10.1. The van der Waals surface area contributed by atoms with Gasteiger partial charge < -0.3 is 10.1 Å². The van der Waals surface area contributed by atoms with Crippen molar-refractivity contribution in [2.75, 3.05) is 16.6 Å². The number of anilines is 2. The van der Waals surface area contributed by atoms with Gasteiger partial charge in [-0.3, -0.25) is 4.72 Å². The molecule has 1 atom stereocenters. The fourth-order valence-electron chi connectivity index (χ4n) is 2.69. The van der Waals surface area contributed by atoms with Crippen molar-refractivity contribution >= 4 is 21.4 Å². The third-order valence-electron chi connectivity index (χ3n) is 3.73. The molecule has 0 aliphatic carbocycles. The Bertz CT molecular complexity index is 801. The highest BCUT2D eigenvalue weighted by Crippen LogP contribution is 2.29. The van der Waals surface area contributed by atoms with E-state index in [0.29, 0.717) is 24.1 Å². The van der Waals surface area contributed by atoms with E-state index in [4.69, 9.17) is 4.74 Å². The van der Waals surface area contributed by atoms with Crippen LogP contribution in [0.1, 0.15) is 19.4 Å². The van der Waals surface area contributed by atoms with Crippen molar-refractivity contribution in [3.8, 4) is 5.75 Å². The summed E-state index contributed by atoms with van der Waals surface area (Å²) in [5.74, 6) is 0.716. The normalized spacial score (nSPS) is 16.5. The molecule has 3 rings (SSSR count). The topological polar surface area (TPSA) is 67.4 Å².